The van der Waals surface area contributed by atoms with E-state index in [0.717, 1.165) is 23.0 Å². The predicted octanol–water partition coefficient (Wildman–Crippen LogP) is 5.36. The molecule has 0 atom stereocenters. The highest BCUT2D eigenvalue weighted by Gasteiger charge is 2.59. The Kier molecular flexibility index (Phi) is 7.43. The molecule has 1 fully saturated rings. The van der Waals surface area contributed by atoms with Crippen LogP contribution in [0, 0.1) is 0 Å². The lowest BCUT2D eigenvalue weighted by Gasteiger charge is -2.33. The summed E-state index contributed by atoms with van der Waals surface area (Å²) in [5, 5.41) is 13.4. The van der Waals surface area contributed by atoms with Gasteiger partial charge in [-0.05, 0) is 55.1 Å². The maximum Gasteiger partial charge on any atom is 0.458 e. The maximum absolute atomic E-state index is 14.5. The van der Waals surface area contributed by atoms with E-state index >= 15 is 0 Å². The molecule has 0 unspecified atom stereocenters. The average molecular weight is 560 g/mol. The molecule has 0 saturated carbocycles. The van der Waals surface area contributed by atoms with E-state index in [1.807, 2.05) is 22.9 Å². The number of benzene rings is 2. The molecule has 5 rings (SSSR count). The number of fused-ring (bicyclic) bond motifs is 1. The quantitative estimate of drug-likeness (QED) is 0.265. The topological polar surface area (TPSA) is 89.2 Å². The number of H-pyrrole nitrogens is 1. The number of amides is 1. The van der Waals surface area contributed by atoms with Gasteiger partial charge in [-0.2, -0.15) is 27.1 Å². The number of aromatic amines is 1. The SMILES string of the molecule is CN1CCN(Cc2cc(NC(=O)c3cccnc3Nc3ccc4cn[nH]c4c3)ccc2C(F)(F)C(F)(F)F)CC1. The summed E-state index contributed by atoms with van der Waals surface area (Å²) in [6.07, 6.45) is -2.59. The number of halogens is 5. The molecule has 13 heteroatoms. The third kappa shape index (κ3) is 5.75. The van der Waals surface area contributed by atoms with Crippen molar-refractivity contribution in [2.75, 3.05) is 43.9 Å². The Morgan fingerprint density at radius 2 is 1.75 bits per heavy atom. The van der Waals surface area contributed by atoms with E-state index in [9.17, 15) is 26.7 Å². The highest BCUT2D eigenvalue weighted by atomic mass is 19.4. The molecule has 2 aromatic heterocycles. The Balaban J connectivity index is 1.41. The standard InChI is InChI=1S/C27H26F5N7O/c1-38-9-11-39(12-10-38)16-18-13-19(6-7-22(18)26(28,29)27(30,31)32)36-25(40)21-3-2-8-33-24(21)35-20-5-4-17-15-34-37-23(17)14-20/h2-8,13-15H,9-12,16H2,1H3,(H,33,35)(H,34,37)(H,36,40). The smallest absolute Gasteiger partial charge is 0.340 e. The summed E-state index contributed by atoms with van der Waals surface area (Å²) in [6, 6.07) is 11.5. The summed E-state index contributed by atoms with van der Waals surface area (Å²) in [5.74, 6) is -5.43. The van der Waals surface area contributed by atoms with E-state index in [1.54, 1.807) is 24.4 Å². The van der Waals surface area contributed by atoms with Crippen molar-refractivity contribution in [3.63, 3.8) is 0 Å². The third-order valence-electron chi connectivity index (χ3n) is 6.80. The monoisotopic (exact) mass is 559 g/mol. The van der Waals surface area contributed by atoms with Gasteiger partial charge in [0.05, 0.1) is 17.3 Å². The van der Waals surface area contributed by atoms with E-state index in [-0.39, 0.29) is 29.2 Å². The van der Waals surface area contributed by atoms with Crippen molar-refractivity contribution in [1.82, 2.24) is 25.0 Å². The van der Waals surface area contributed by atoms with Crippen molar-refractivity contribution >= 4 is 34.0 Å². The second kappa shape index (κ2) is 10.8. The zero-order valence-corrected chi connectivity index (χ0v) is 21.4. The summed E-state index contributed by atoms with van der Waals surface area (Å²) in [4.78, 5) is 21.3. The number of likely N-dealkylation sites (N-methyl/N-ethyl adjacent to an activating group) is 1. The Hall–Kier alpha value is -4.10. The molecule has 0 spiro atoms. The van der Waals surface area contributed by atoms with Gasteiger partial charge in [0.2, 0.25) is 0 Å². The normalized spacial score (nSPS) is 15.3. The Labute approximate surface area is 226 Å². The molecule has 40 heavy (non-hydrogen) atoms. The first-order valence-corrected chi connectivity index (χ1v) is 12.5. The molecular formula is C27H26F5N7O. The van der Waals surface area contributed by atoms with Crippen molar-refractivity contribution in [3.8, 4) is 0 Å². The number of pyridine rings is 1. The van der Waals surface area contributed by atoms with E-state index in [0.29, 0.717) is 31.9 Å². The Morgan fingerprint density at radius 1 is 1.00 bits per heavy atom. The van der Waals surface area contributed by atoms with E-state index in [2.05, 4.69) is 25.8 Å². The number of rotatable bonds is 7. The Bertz CT molecular complexity index is 1510. The van der Waals surface area contributed by atoms with Gasteiger partial charge in [-0.15, -0.1) is 0 Å². The van der Waals surface area contributed by atoms with Crippen LogP contribution in [0.4, 0.5) is 39.1 Å². The molecule has 0 bridgehead atoms. The number of alkyl halides is 5. The summed E-state index contributed by atoms with van der Waals surface area (Å²) in [7, 11) is 1.91. The lowest BCUT2D eigenvalue weighted by atomic mass is 9.99. The first-order chi connectivity index (χ1) is 19.0. The van der Waals surface area contributed by atoms with Gasteiger partial charge in [0.15, 0.2) is 0 Å². The number of carbonyl (C=O) groups excluding carboxylic acids is 1. The number of aromatic nitrogens is 3. The van der Waals surface area contributed by atoms with Crippen molar-refractivity contribution in [2.24, 2.45) is 0 Å². The largest absolute Gasteiger partial charge is 0.458 e. The minimum absolute atomic E-state index is 0.0875. The molecule has 1 aliphatic rings. The maximum atomic E-state index is 14.5. The van der Waals surface area contributed by atoms with Crippen LogP contribution < -0.4 is 10.6 Å². The van der Waals surface area contributed by atoms with Crippen LogP contribution in [-0.2, 0) is 12.5 Å². The highest BCUT2D eigenvalue weighted by molar-refractivity contribution is 6.08. The van der Waals surface area contributed by atoms with Gasteiger partial charge < -0.3 is 15.5 Å². The van der Waals surface area contributed by atoms with Crippen molar-refractivity contribution in [2.45, 2.75) is 18.6 Å². The number of nitrogens with one attached hydrogen (secondary N) is 3. The molecule has 1 amide bonds. The first kappa shape index (κ1) is 27.5. The molecule has 0 radical (unpaired) electrons. The lowest BCUT2D eigenvalue weighted by Crippen LogP contribution is -2.44. The molecule has 1 aliphatic heterocycles. The number of carbonyl (C=O) groups is 1. The van der Waals surface area contributed by atoms with Crippen molar-refractivity contribution in [3.05, 3.63) is 77.6 Å². The van der Waals surface area contributed by atoms with Gasteiger partial charge in [-0.25, -0.2) is 4.98 Å². The first-order valence-electron chi connectivity index (χ1n) is 12.5. The summed E-state index contributed by atoms with van der Waals surface area (Å²) < 4.78 is 68.8. The summed E-state index contributed by atoms with van der Waals surface area (Å²) in [5.41, 5.74) is 0.312. The second-order valence-corrected chi connectivity index (χ2v) is 9.67. The van der Waals surface area contributed by atoms with Gasteiger partial charge in [0.1, 0.15) is 5.82 Å². The van der Waals surface area contributed by atoms with Crippen molar-refractivity contribution < 1.29 is 26.7 Å². The number of hydrogen-bond donors (Lipinski definition) is 3. The fourth-order valence-electron chi connectivity index (χ4n) is 4.55. The Morgan fingerprint density at radius 3 is 2.50 bits per heavy atom. The zero-order chi connectivity index (χ0) is 28.5. The zero-order valence-electron chi connectivity index (χ0n) is 21.4. The number of hydrogen-bond acceptors (Lipinski definition) is 6. The molecule has 3 heterocycles. The van der Waals surface area contributed by atoms with Gasteiger partial charge in [0, 0.05) is 61.2 Å². The minimum Gasteiger partial charge on any atom is -0.340 e. The van der Waals surface area contributed by atoms with E-state index in [4.69, 9.17) is 0 Å². The van der Waals surface area contributed by atoms with Crippen LogP contribution in [0.15, 0.2) is 60.9 Å². The lowest BCUT2D eigenvalue weighted by molar-refractivity contribution is -0.289. The number of nitrogens with zero attached hydrogens (tertiary/aromatic N) is 4. The minimum atomic E-state index is -5.76. The fraction of sp³-hybridized carbons (Fsp3) is 0.296. The van der Waals surface area contributed by atoms with Crippen LogP contribution in [-0.4, -0.2) is 70.3 Å². The van der Waals surface area contributed by atoms with Crippen molar-refractivity contribution in [1.29, 1.82) is 0 Å². The second-order valence-electron chi connectivity index (χ2n) is 9.67. The van der Waals surface area contributed by atoms with Gasteiger partial charge in [-0.1, -0.05) is 6.07 Å². The summed E-state index contributed by atoms with van der Waals surface area (Å²) in [6.45, 7) is 2.23. The van der Waals surface area contributed by atoms with Crippen LogP contribution in [0.2, 0.25) is 0 Å². The molecule has 2 aromatic carbocycles. The third-order valence-corrected chi connectivity index (χ3v) is 6.80. The van der Waals surface area contributed by atoms with E-state index in [1.165, 1.54) is 18.3 Å². The van der Waals surface area contributed by atoms with Gasteiger partial charge in [0.25, 0.3) is 5.91 Å². The molecule has 210 valence electrons. The summed E-state index contributed by atoms with van der Waals surface area (Å²) >= 11 is 0. The molecule has 4 aromatic rings. The molecular weight excluding hydrogens is 533 g/mol. The van der Waals surface area contributed by atoms with Crippen LogP contribution >= 0.6 is 0 Å². The van der Waals surface area contributed by atoms with Crippen LogP contribution in [0.5, 0.6) is 0 Å². The molecule has 1 saturated heterocycles. The number of anilines is 3. The fourth-order valence-corrected chi connectivity index (χ4v) is 4.55. The highest BCUT2D eigenvalue weighted by Crippen LogP contribution is 2.45. The van der Waals surface area contributed by atoms with Crippen LogP contribution in [0.25, 0.3) is 10.9 Å². The predicted molar refractivity (Wildman–Crippen MR) is 141 cm³/mol. The van der Waals surface area contributed by atoms with E-state index < -0.39 is 23.6 Å². The van der Waals surface area contributed by atoms with Crippen LogP contribution in [0.1, 0.15) is 21.5 Å². The molecule has 3 N–H and O–H groups in total. The molecule has 0 aliphatic carbocycles. The average Bonchev–Trinajstić information content (AvgIpc) is 3.38. The van der Waals surface area contributed by atoms with Gasteiger partial charge >= 0.3 is 12.1 Å². The van der Waals surface area contributed by atoms with Crippen LogP contribution in [0.3, 0.4) is 0 Å². The number of piperazine rings is 1. The van der Waals surface area contributed by atoms with Gasteiger partial charge in [-0.3, -0.25) is 14.8 Å². The molecule has 8 nitrogen and oxygen atoms in total.